The predicted octanol–water partition coefficient (Wildman–Crippen LogP) is 2.37. The molecular formula is C20H17F6N5O3. The number of hydroxylamine groups is 1. The largest absolute Gasteiger partial charge is 0.416 e. The normalized spacial score (nSPS) is 23.2. The number of carbonyl (C=O) groups is 2. The van der Waals surface area contributed by atoms with Crippen molar-refractivity contribution in [3.05, 3.63) is 53.3 Å². The Bertz CT molecular complexity index is 1090. The highest BCUT2D eigenvalue weighted by Gasteiger charge is 2.59. The van der Waals surface area contributed by atoms with Gasteiger partial charge >= 0.3 is 12.4 Å². The third-order valence-corrected chi connectivity index (χ3v) is 5.78. The molecule has 8 nitrogen and oxygen atoms in total. The van der Waals surface area contributed by atoms with E-state index < -0.39 is 59.7 Å². The molecule has 4 rings (SSSR count). The fraction of sp³-hybridized carbons (Fsp3) is 0.400. The lowest BCUT2D eigenvalue weighted by Gasteiger charge is -2.32. The monoisotopic (exact) mass is 489 g/mol. The van der Waals surface area contributed by atoms with E-state index in [4.69, 9.17) is 4.84 Å². The molecule has 0 saturated carbocycles. The van der Waals surface area contributed by atoms with Crippen LogP contribution in [0.3, 0.4) is 0 Å². The number of anilines is 1. The number of amides is 2. The maximum absolute atomic E-state index is 14.2. The Labute approximate surface area is 188 Å². The van der Waals surface area contributed by atoms with Gasteiger partial charge in [0.25, 0.3) is 11.8 Å². The van der Waals surface area contributed by atoms with Crippen molar-refractivity contribution in [3.63, 3.8) is 0 Å². The number of hydrogen-bond acceptors (Lipinski definition) is 6. The van der Waals surface area contributed by atoms with Gasteiger partial charge < -0.3 is 10.2 Å². The third-order valence-electron chi connectivity index (χ3n) is 5.78. The quantitative estimate of drug-likeness (QED) is 0.641. The second-order valence-corrected chi connectivity index (χ2v) is 7.91. The highest BCUT2D eigenvalue weighted by atomic mass is 19.4. The van der Waals surface area contributed by atoms with Crippen LogP contribution in [0.4, 0.5) is 32.3 Å². The van der Waals surface area contributed by atoms with Crippen molar-refractivity contribution in [2.45, 2.75) is 30.2 Å². The minimum absolute atomic E-state index is 0.0393. The molecule has 2 amide bonds. The summed E-state index contributed by atoms with van der Waals surface area (Å²) in [7, 11) is 0. The first-order valence-corrected chi connectivity index (χ1v) is 9.95. The van der Waals surface area contributed by atoms with E-state index in [9.17, 15) is 35.9 Å². The molecule has 3 heterocycles. The van der Waals surface area contributed by atoms with Gasteiger partial charge in [-0.15, -0.1) is 0 Å². The molecule has 0 radical (unpaired) electrons. The summed E-state index contributed by atoms with van der Waals surface area (Å²) in [6.07, 6.45) is -7.95. The lowest BCUT2D eigenvalue weighted by molar-refractivity contribution is -0.184. The molecule has 0 bridgehead atoms. The maximum atomic E-state index is 14.2. The Morgan fingerprint density at radius 3 is 2.47 bits per heavy atom. The summed E-state index contributed by atoms with van der Waals surface area (Å²) in [5, 5.41) is 2.40. The highest BCUT2D eigenvalue weighted by molar-refractivity contribution is 5.97. The van der Waals surface area contributed by atoms with Crippen LogP contribution in [0.25, 0.3) is 0 Å². The van der Waals surface area contributed by atoms with Crippen LogP contribution in [0.15, 0.2) is 36.7 Å². The second kappa shape index (κ2) is 8.42. The van der Waals surface area contributed by atoms with Gasteiger partial charge in [0.15, 0.2) is 0 Å². The van der Waals surface area contributed by atoms with Crippen LogP contribution in [-0.2, 0) is 21.2 Å². The summed E-state index contributed by atoms with van der Waals surface area (Å²) in [5.41, 5.74) is -2.18. The Balaban J connectivity index is 1.54. The van der Waals surface area contributed by atoms with Crippen molar-refractivity contribution in [1.82, 2.24) is 20.8 Å². The Morgan fingerprint density at radius 2 is 1.88 bits per heavy atom. The van der Waals surface area contributed by atoms with Crippen molar-refractivity contribution < 1.29 is 40.8 Å². The van der Waals surface area contributed by atoms with Crippen LogP contribution < -0.4 is 15.7 Å². The summed E-state index contributed by atoms with van der Waals surface area (Å²) in [6.45, 7) is -0.934. The van der Waals surface area contributed by atoms with Gasteiger partial charge in [0, 0.05) is 25.5 Å². The molecule has 2 aliphatic rings. The predicted molar refractivity (Wildman–Crippen MR) is 103 cm³/mol. The molecular weight excluding hydrogens is 472 g/mol. The average molecular weight is 489 g/mol. The lowest BCUT2D eigenvalue weighted by Crippen LogP contribution is -2.45. The van der Waals surface area contributed by atoms with Gasteiger partial charge in [0.05, 0.1) is 11.1 Å². The number of hydrogen-bond donors (Lipinski definition) is 2. The Hall–Kier alpha value is -3.42. The van der Waals surface area contributed by atoms with Gasteiger partial charge in [-0.2, -0.15) is 26.3 Å². The van der Waals surface area contributed by atoms with Crippen molar-refractivity contribution in [2.24, 2.45) is 0 Å². The number of alkyl halides is 6. The summed E-state index contributed by atoms with van der Waals surface area (Å²) >= 11 is 0. The fourth-order valence-electron chi connectivity index (χ4n) is 3.90. The zero-order chi connectivity index (χ0) is 24.7. The maximum Gasteiger partial charge on any atom is 0.416 e. The Kier molecular flexibility index (Phi) is 5.87. The van der Waals surface area contributed by atoms with E-state index in [1.165, 1.54) is 4.90 Å². The van der Waals surface area contributed by atoms with E-state index >= 15 is 0 Å². The first kappa shape index (κ1) is 23.7. The molecule has 0 spiro atoms. The average Bonchev–Trinajstić information content (AvgIpc) is 3.41. The van der Waals surface area contributed by atoms with Crippen molar-refractivity contribution >= 4 is 17.8 Å². The zero-order valence-electron chi connectivity index (χ0n) is 17.2. The molecule has 1 aromatic heterocycles. The van der Waals surface area contributed by atoms with Crippen LogP contribution >= 0.6 is 0 Å². The van der Waals surface area contributed by atoms with E-state index in [0.717, 1.165) is 24.5 Å². The number of carbonyl (C=O) groups excluding carboxylic acids is 2. The molecule has 2 unspecified atom stereocenters. The number of nitrogens with zero attached hydrogens (tertiary/aromatic N) is 3. The number of benzene rings is 1. The molecule has 2 atom stereocenters. The molecule has 2 saturated heterocycles. The van der Waals surface area contributed by atoms with E-state index in [2.05, 4.69) is 20.8 Å². The number of nitrogens with one attached hydrogen (secondary N) is 2. The third kappa shape index (κ3) is 4.36. The highest BCUT2D eigenvalue weighted by Crippen LogP contribution is 2.49. The van der Waals surface area contributed by atoms with Crippen LogP contribution in [0.2, 0.25) is 0 Å². The Morgan fingerprint density at radius 1 is 1.18 bits per heavy atom. The molecule has 2 aromatic rings. The van der Waals surface area contributed by atoms with Crippen LogP contribution in [0.1, 0.15) is 27.9 Å². The van der Waals surface area contributed by atoms with Crippen LogP contribution in [-0.4, -0.2) is 53.7 Å². The van der Waals surface area contributed by atoms with Gasteiger partial charge in [0.2, 0.25) is 5.95 Å². The minimum atomic E-state index is -4.84. The van der Waals surface area contributed by atoms with Gasteiger partial charge in [-0.05, 0) is 18.1 Å². The standard InChI is InChI=1S/C20H17F6N5O3/c21-19(22,23)13-3-1-2-12(6-13)18(20(24,25)26)4-5-31(10-18)17-27-7-11(8-28-17)15(32)29-14-9-34-30-16(14)33/h1-3,6-8,14H,4-5,9-10H2,(H,29,32)(H,30,33). The molecule has 14 heteroatoms. The summed E-state index contributed by atoms with van der Waals surface area (Å²) in [5.74, 6) is -1.34. The van der Waals surface area contributed by atoms with Gasteiger partial charge in [-0.1, -0.05) is 18.2 Å². The molecule has 182 valence electrons. The summed E-state index contributed by atoms with van der Waals surface area (Å²) in [6, 6.07) is 2.31. The zero-order valence-corrected chi connectivity index (χ0v) is 17.2. The topological polar surface area (TPSA) is 96.5 Å². The minimum Gasteiger partial charge on any atom is -0.340 e. The smallest absolute Gasteiger partial charge is 0.340 e. The molecule has 2 aliphatic heterocycles. The van der Waals surface area contributed by atoms with Crippen molar-refractivity contribution in [1.29, 1.82) is 0 Å². The van der Waals surface area contributed by atoms with Crippen molar-refractivity contribution in [2.75, 3.05) is 24.6 Å². The number of halogens is 6. The molecule has 2 fully saturated rings. The van der Waals surface area contributed by atoms with E-state index in [1.54, 1.807) is 0 Å². The molecule has 1 aromatic carbocycles. The van der Waals surface area contributed by atoms with Crippen LogP contribution in [0.5, 0.6) is 0 Å². The summed E-state index contributed by atoms with van der Waals surface area (Å²) < 4.78 is 81.8. The number of aromatic nitrogens is 2. The lowest BCUT2D eigenvalue weighted by atomic mass is 9.78. The first-order chi connectivity index (χ1) is 15.9. The van der Waals surface area contributed by atoms with Crippen molar-refractivity contribution in [3.8, 4) is 0 Å². The second-order valence-electron chi connectivity index (χ2n) is 7.91. The fourth-order valence-corrected chi connectivity index (χ4v) is 3.90. The molecule has 34 heavy (non-hydrogen) atoms. The summed E-state index contributed by atoms with van der Waals surface area (Å²) in [4.78, 5) is 37.5. The first-order valence-electron chi connectivity index (χ1n) is 9.95. The molecule has 2 N–H and O–H groups in total. The number of rotatable bonds is 4. The van der Waals surface area contributed by atoms with Gasteiger partial charge in [0.1, 0.15) is 18.1 Å². The van der Waals surface area contributed by atoms with Crippen LogP contribution in [0, 0.1) is 0 Å². The van der Waals surface area contributed by atoms with E-state index in [-0.39, 0.29) is 24.7 Å². The SMILES string of the molecule is O=C(NC1CONC1=O)c1cnc(N2CCC(c3cccc(C(F)(F)F)c3)(C(F)(F)F)C2)nc1. The van der Waals surface area contributed by atoms with Gasteiger partial charge in [-0.25, -0.2) is 15.4 Å². The van der Waals surface area contributed by atoms with E-state index in [1.807, 2.05) is 0 Å². The van der Waals surface area contributed by atoms with Gasteiger partial charge in [-0.3, -0.25) is 14.4 Å². The van der Waals surface area contributed by atoms with E-state index in [0.29, 0.717) is 12.1 Å². The molecule has 0 aliphatic carbocycles.